The minimum Gasteiger partial charge on any atom is -0.549 e. The summed E-state index contributed by atoms with van der Waals surface area (Å²) in [6.45, 7) is 1.96. The molecule has 0 aromatic carbocycles. The first-order valence-corrected chi connectivity index (χ1v) is 5.85. The normalized spacial score (nSPS) is 10.6. The van der Waals surface area contributed by atoms with Gasteiger partial charge in [0.15, 0.2) is 0 Å². The Bertz CT molecular complexity index is 253. The SMILES string of the molecule is CC/C=C/CCCCN(CC(=O)[O-])CC(=O)O.[K+]. The quantitative estimate of drug-likeness (QED) is 0.267. The first kappa shape index (κ1) is 20.6. The maximum atomic E-state index is 10.5. The fourth-order valence-corrected chi connectivity index (χ4v) is 1.47. The second-order valence-electron chi connectivity index (χ2n) is 3.85. The Labute approximate surface area is 151 Å². The van der Waals surface area contributed by atoms with Crippen LogP contribution < -0.4 is 56.5 Å². The molecular formula is C12H20KNO4. The van der Waals surface area contributed by atoms with E-state index in [4.69, 9.17) is 5.11 Å². The van der Waals surface area contributed by atoms with Crippen LogP contribution in [0, 0.1) is 0 Å². The molecule has 0 atom stereocenters. The molecule has 0 unspecified atom stereocenters. The van der Waals surface area contributed by atoms with Crippen molar-refractivity contribution >= 4 is 11.9 Å². The molecular weight excluding hydrogens is 261 g/mol. The number of carbonyl (C=O) groups excluding carboxylic acids is 1. The summed E-state index contributed by atoms with van der Waals surface area (Å²) in [5.41, 5.74) is 0. The molecule has 1 N–H and O–H groups in total. The molecule has 0 amide bonds. The van der Waals surface area contributed by atoms with Gasteiger partial charge in [-0.15, -0.1) is 0 Å². The Balaban J connectivity index is 0. The van der Waals surface area contributed by atoms with E-state index in [-0.39, 0.29) is 64.5 Å². The summed E-state index contributed by atoms with van der Waals surface area (Å²) in [5.74, 6) is -2.26. The zero-order valence-electron chi connectivity index (χ0n) is 11.2. The van der Waals surface area contributed by atoms with E-state index in [1.807, 2.05) is 0 Å². The Hall–Kier alpha value is 0.276. The van der Waals surface area contributed by atoms with E-state index in [1.165, 1.54) is 4.90 Å². The third-order valence-corrected chi connectivity index (χ3v) is 2.21. The first-order valence-electron chi connectivity index (χ1n) is 5.85. The van der Waals surface area contributed by atoms with Gasteiger partial charge >= 0.3 is 57.4 Å². The van der Waals surface area contributed by atoms with Crippen molar-refractivity contribution in [3.63, 3.8) is 0 Å². The number of nitrogens with zero attached hydrogens (tertiary/aromatic N) is 1. The number of hydrogen-bond acceptors (Lipinski definition) is 4. The van der Waals surface area contributed by atoms with E-state index in [2.05, 4.69) is 19.1 Å². The van der Waals surface area contributed by atoms with Gasteiger partial charge in [0.05, 0.1) is 12.5 Å². The summed E-state index contributed by atoms with van der Waals surface area (Å²) in [4.78, 5) is 22.3. The van der Waals surface area contributed by atoms with Gasteiger partial charge in [-0.3, -0.25) is 9.69 Å². The minimum atomic E-state index is -1.24. The fraction of sp³-hybridized carbons (Fsp3) is 0.667. The third kappa shape index (κ3) is 14.3. The molecule has 0 bridgehead atoms. The van der Waals surface area contributed by atoms with Crippen molar-refractivity contribution in [1.29, 1.82) is 0 Å². The molecule has 0 aliphatic heterocycles. The summed E-state index contributed by atoms with van der Waals surface area (Å²) in [6.07, 6.45) is 7.83. The molecule has 0 fully saturated rings. The fourth-order valence-electron chi connectivity index (χ4n) is 1.47. The average molecular weight is 281 g/mol. The van der Waals surface area contributed by atoms with Gasteiger partial charge in [-0.05, 0) is 32.2 Å². The predicted octanol–water partition coefficient (Wildman–Crippen LogP) is -2.74. The number of unbranched alkanes of at least 4 members (excludes halogenated alkanes) is 2. The van der Waals surface area contributed by atoms with E-state index in [0.29, 0.717) is 6.54 Å². The molecule has 0 radical (unpaired) electrons. The average Bonchev–Trinajstić information content (AvgIpc) is 2.21. The van der Waals surface area contributed by atoms with Crippen LogP contribution in [0.15, 0.2) is 12.2 Å². The van der Waals surface area contributed by atoms with Crippen LogP contribution in [0.2, 0.25) is 0 Å². The topological polar surface area (TPSA) is 80.7 Å². The molecule has 0 aliphatic carbocycles. The van der Waals surface area contributed by atoms with E-state index in [9.17, 15) is 14.7 Å². The van der Waals surface area contributed by atoms with Crippen LogP contribution in [0.5, 0.6) is 0 Å². The molecule has 18 heavy (non-hydrogen) atoms. The molecule has 0 rings (SSSR count). The van der Waals surface area contributed by atoms with Crippen LogP contribution in [-0.2, 0) is 9.59 Å². The monoisotopic (exact) mass is 281 g/mol. The van der Waals surface area contributed by atoms with Gasteiger partial charge in [-0.1, -0.05) is 19.1 Å². The Morgan fingerprint density at radius 1 is 1.22 bits per heavy atom. The zero-order chi connectivity index (χ0) is 13.1. The van der Waals surface area contributed by atoms with Crippen molar-refractivity contribution in [2.75, 3.05) is 19.6 Å². The van der Waals surface area contributed by atoms with Gasteiger partial charge in [0, 0.05) is 6.54 Å². The van der Waals surface area contributed by atoms with E-state index in [0.717, 1.165) is 25.7 Å². The van der Waals surface area contributed by atoms with E-state index < -0.39 is 11.9 Å². The molecule has 6 heteroatoms. The van der Waals surface area contributed by atoms with Crippen molar-refractivity contribution in [3.8, 4) is 0 Å². The van der Waals surface area contributed by atoms with Crippen molar-refractivity contribution in [1.82, 2.24) is 4.90 Å². The van der Waals surface area contributed by atoms with E-state index in [1.54, 1.807) is 0 Å². The minimum absolute atomic E-state index is 0. The largest absolute Gasteiger partial charge is 1.00 e. The Morgan fingerprint density at radius 3 is 2.39 bits per heavy atom. The number of allylic oxidation sites excluding steroid dienone is 2. The van der Waals surface area contributed by atoms with E-state index >= 15 is 0 Å². The first-order chi connectivity index (χ1) is 8.06. The number of rotatable bonds is 10. The van der Waals surface area contributed by atoms with Gasteiger partial charge in [-0.25, -0.2) is 0 Å². The smallest absolute Gasteiger partial charge is 0.549 e. The summed E-state index contributed by atoms with van der Waals surface area (Å²) in [6, 6.07) is 0. The molecule has 98 valence electrons. The molecule has 0 heterocycles. The third-order valence-electron chi connectivity index (χ3n) is 2.21. The number of aliphatic carboxylic acids is 2. The van der Waals surface area contributed by atoms with Crippen molar-refractivity contribution in [2.45, 2.75) is 32.6 Å². The van der Waals surface area contributed by atoms with Gasteiger partial charge < -0.3 is 15.0 Å². The summed E-state index contributed by atoms with van der Waals surface area (Å²) in [5, 5.41) is 19.0. The van der Waals surface area contributed by atoms with Crippen LogP contribution in [-0.4, -0.2) is 41.6 Å². The molecule has 0 aromatic heterocycles. The standard InChI is InChI=1S/C12H21NO4.K/c1-2-3-4-5-6-7-8-13(9-11(14)15)10-12(16)17;/h3-4H,2,5-10H2,1H3,(H,14,15)(H,16,17);/q;+1/p-1/b4-3+;. The number of carboxylic acids is 2. The molecule has 0 saturated heterocycles. The number of carbonyl (C=O) groups is 2. The molecule has 0 aromatic rings. The van der Waals surface area contributed by atoms with Gasteiger partial charge in [-0.2, -0.15) is 0 Å². The van der Waals surface area contributed by atoms with Gasteiger partial charge in [0.2, 0.25) is 0 Å². The Kier molecular flexibility index (Phi) is 15.7. The van der Waals surface area contributed by atoms with Crippen LogP contribution in [0.4, 0.5) is 0 Å². The Morgan fingerprint density at radius 2 is 1.89 bits per heavy atom. The van der Waals surface area contributed by atoms with Crippen LogP contribution >= 0.6 is 0 Å². The molecule has 0 saturated carbocycles. The summed E-state index contributed by atoms with van der Waals surface area (Å²) < 4.78 is 0. The summed E-state index contributed by atoms with van der Waals surface area (Å²) in [7, 11) is 0. The van der Waals surface area contributed by atoms with Gasteiger partial charge in [0.1, 0.15) is 0 Å². The summed E-state index contributed by atoms with van der Waals surface area (Å²) >= 11 is 0. The number of hydrogen-bond donors (Lipinski definition) is 1. The second kappa shape index (κ2) is 13.7. The second-order valence-corrected chi connectivity index (χ2v) is 3.85. The maximum absolute atomic E-state index is 10.5. The van der Waals surface area contributed by atoms with Crippen molar-refractivity contribution in [3.05, 3.63) is 12.2 Å². The predicted molar refractivity (Wildman–Crippen MR) is 62.4 cm³/mol. The van der Waals surface area contributed by atoms with Crippen LogP contribution in [0.25, 0.3) is 0 Å². The molecule has 0 aliphatic rings. The molecule has 5 nitrogen and oxygen atoms in total. The van der Waals surface area contributed by atoms with Gasteiger partial charge in [0.25, 0.3) is 0 Å². The van der Waals surface area contributed by atoms with Crippen molar-refractivity contribution < 1.29 is 71.2 Å². The van der Waals surface area contributed by atoms with Crippen LogP contribution in [0.1, 0.15) is 32.6 Å². The maximum Gasteiger partial charge on any atom is 1.00 e. The zero-order valence-corrected chi connectivity index (χ0v) is 14.3. The van der Waals surface area contributed by atoms with Crippen LogP contribution in [0.3, 0.4) is 0 Å². The van der Waals surface area contributed by atoms with Crippen molar-refractivity contribution in [2.24, 2.45) is 0 Å². The molecule has 0 spiro atoms. The number of carboxylic acid groups (broad SMARTS) is 2.